The Hall–Kier alpha value is -1.47. The molecule has 2 aromatic rings. The third-order valence-corrected chi connectivity index (χ3v) is 3.53. The molecule has 1 aromatic carbocycles. The van der Waals surface area contributed by atoms with E-state index < -0.39 is 5.97 Å². The lowest BCUT2D eigenvalue weighted by molar-refractivity contribution is -0.138. The van der Waals surface area contributed by atoms with Crippen molar-refractivity contribution in [1.29, 1.82) is 0 Å². The van der Waals surface area contributed by atoms with Crippen molar-refractivity contribution in [1.82, 2.24) is 20.2 Å². The van der Waals surface area contributed by atoms with Crippen LogP contribution in [0.2, 0.25) is 5.02 Å². The summed E-state index contributed by atoms with van der Waals surface area (Å²) < 4.78 is 2.44. The minimum atomic E-state index is -0.840. The molecule has 0 saturated heterocycles. The number of aromatic nitrogens is 4. The zero-order valence-corrected chi connectivity index (χ0v) is 13.0. The predicted molar refractivity (Wildman–Crippen MR) is 77.4 cm³/mol. The zero-order chi connectivity index (χ0) is 14.7. The molecule has 106 valence electrons. The van der Waals surface area contributed by atoms with Crippen molar-refractivity contribution in [3.63, 3.8) is 0 Å². The van der Waals surface area contributed by atoms with E-state index in [2.05, 4.69) is 31.5 Å². The standard InChI is InChI=1S/C12H12BrClN4O2/c1-7(4-11(19)20)6-18-12(15-16-17-18)9-5-8(13)2-3-10(9)14/h2-3,5,7H,4,6H2,1H3,(H,19,20). The molecule has 0 radical (unpaired) electrons. The number of aliphatic carboxylic acids is 1. The number of carboxylic acids is 1. The molecule has 2 rings (SSSR count). The van der Waals surface area contributed by atoms with E-state index in [1.54, 1.807) is 10.7 Å². The Balaban J connectivity index is 2.28. The van der Waals surface area contributed by atoms with Gasteiger partial charge in [-0.1, -0.05) is 34.5 Å². The first-order chi connectivity index (χ1) is 9.47. The lowest BCUT2D eigenvalue weighted by Crippen LogP contribution is -2.14. The van der Waals surface area contributed by atoms with Crippen molar-refractivity contribution in [2.75, 3.05) is 0 Å². The van der Waals surface area contributed by atoms with E-state index in [1.165, 1.54) is 0 Å². The summed E-state index contributed by atoms with van der Waals surface area (Å²) in [6.07, 6.45) is 0.0610. The van der Waals surface area contributed by atoms with Gasteiger partial charge in [-0.25, -0.2) is 4.68 Å². The molecular weight excluding hydrogens is 348 g/mol. The molecule has 0 bridgehead atoms. The van der Waals surface area contributed by atoms with E-state index >= 15 is 0 Å². The average Bonchev–Trinajstić information content (AvgIpc) is 2.79. The predicted octanol–water partition coefficient (Wildman–Crippen LogP) is 2.87. The van der Waals surface area contributed by atoms with Crippen molar-refractivity contribution in [3.05, 3.63) is 27.7 Å². The number of carboxylic acid groups (broad SMARTS) is 1. The number of hydrogen-bond acceptors (Lipinski definition) is 4. The lowest BCUT2D eigenvalue weighted by Gasteiger charge is -2.10. The quantitative estimate of drug-likeness (QED) is 0.888. The second-order valence-corrected chi connectivity index (χ2v) is 5.83. The molecule has 0 aliphatic rings. The summed E-state index contributed by atoms with van der Waals surface area (Å²) in [6.45, 7) is 2.25. The number of hydrogen-bond donors (Lipinski definition) is 1. The summed E-state index contributed by atoms with van der Waals surface area (Å²) in [4.78, 5) is 10.7. The Morgan fingerprint density at radius 1 is 1.55 bits per heavy atom. The molecule has 1 unspecified atom stereocenters. The Kier molecular flexibility index (Phi) is 4.72. The minimum absolute atomic E-state index is 0.0610. The maximum atomic E-state index is 10.7. The third-order valence-electron chi connectivity index (χ3n) is 2.71. The van der Waals surface area contributed by atoms with Gasteiger partial charge in [-0.15, -0.1) is 5.10 Å². The summed E-state index contributed by atoms with van der Waals surface area (Å²) >= 11 is 9.53. The van der Waals surface area contributed by atoms with Gasteiger partial charge in [-0.05, 0) is 34.5 Å². The fourth-order valence-electron chi connectivity index (χ4n) is 1.85. The van der Waals surface area contributed by atoms with E-state index in [1.807, 2.05) is 19.1 Å². The molecule has 0 saturated carbocycles. The van der Waals surface area contributed by atoms with Crippen LogP contribution in [-0.2, 0) is 11.3 Å². The number of benzene rings is 1. The highest BCUT2D eigenvalue weighted by molar-refractivity contribution is 9.10. The smallest absolute Gasteiger partial charge is 0.303 e. The van der Waals surface area contributed by atoms with Crippen LogP contribution in [0.1, 0.15) is 13.3 Å². The molecule has 20 heavy (non-hydrogen) atoms. The Morgan fingerprint density at radius 2 is 2.30 bits per heavy atom. The third kappa shape index (κ3) is 3.55. The summed E-state index contributed by atoms with van der Waals surface area (Å²) in [5, 5.41) is 20.8. The van der Waals surface area contributed by atoms with Crippen molar-refractivity contribution in [3.8, 4) is 11.4 Å². The average molecular weight is 360 g/mol. The number of rotatable bonds is 5. The maximum absolute atomic E-state index is 10.7. The van der Waals surface area contributed by atoms with E-state index in [-0.39, 0.29) is 12.3 Å². The highest BCUT2D eigenvalue weighted by atomic mass is 79.9. The fourth-order valence-corrected chi connectivity index (χ4v) is 2.41. The molecule has 1 aromatic heterocycles. The van der Waals surface area contributed by atoms with Gasteiger partial charge in [0, 0.05) is 23.0 Å². The number of halogens is 2. The molecule has 1 atom stereocenters. The first-order valence-electron chi connectivity index (χ1n) is 5.90. The Bertz CT molecular complexity index is 632. The molecule has 6 nitrogen and oxygen atoms in total. The Morgan fingerprint density at radius 3 is 3.00 bits per heavy atom. The first-order valence-corrected chi connectivity index (χ1v) is 7.08. The topological polar surface area (TPSA) is 80.9 Å². The molecule has 1 heterocycles. The molecule has 0 aliphatic carbocycles. The monoisotopic (exact) mass is 358 g/mol. The van der Waals surface area contributed by atoms with Gasteiger partial charge in [0.2, 0.25) is 0 Å². The summed E-state index contributed by atoms with van der Waals surface area (Å²) in [6, 6.07) is 5.40. The van der Waals surface area contributed by atoms with Gasteiger partial charge >= 0.3 is 5.97 Å². The molecule has 1 N–H and O–H groups in total. The SMILES string of the molecule is CC(CC(=O)O)Cn1nnnc1-c1cc(Br)ccc1Cl. The second-order valence-electron chi connectivity index (χ2n) is 4.51. The van der Waals surface area contributed by atoms with E-state index in [0.29, 0.717) is 23.0 Å². The minimum Gasteiger partial charge on any atom is -0.481 e. The van der Waals surface area contributed by atoms with Crippen LogP contribution in [-0.4, -0.2) is 31.3 Å². The summed E-state index contributed by atoms with van der Waals surface area (Å²) in [5.74, 6) is -0.401. The van der Waals surface area contributed by atoms with Crippen molar-refractivity contribution >= 4 is 33.5 Å². The van der Waals surface area contributed by atoms with Crippen LogP contribution in [0, 0.1) is 5.92 Å². The van der Waals surface area contributed by atoms with Crippen LogP contribution in [0.15, 0.2) is 22.7 Å². The van der Waals surface area contributed by atoms with Gasteiger partial charge in [0.05, 0.1) is 5.02 Å². The van der Waals surface area contributed by atoms with Crippen LogP contribution >= 0.6 is 27.5 Å². The summed E-state index contributed by atoms with van der Waals surface area (Å²) in [7, 11) is 0. The molecule has 0 amide bonds. The van der Waals surface area contributed by atoms with Crippen LogP contribution in [0.4, 0.5) is 0 Å². The molecule has 0 aliphatic heterocycles. The number of carbonyl (C=O) groups is 1. The maximum Gasteiger partial charge on any atom is 0.303 e. The van der Waals surface area contributed by atoms with Gasteiger partial charge in [-0.3, -0.25) is 4.79 Å². The zero-order valence-electron chi connectivity index (χ0n) is 10.6. The number of nitrogens with zero attached hydrogens (tertiary/aromatic N) is 4. The van der Waals surface area contributed by atoms with Gasteiger partial charge in [-0.2, -0.15) is 0 Å². The van der Waals surface area contributed by atoms with E-state index in [4.69, 9.17) is 16.7 Å². The second kappa shape index (κ2) is 6.32. The van der Waals surface area contributed by atoms with Gasteiger partial charge < -0.3 is 5.11 Å². The molecule has 8 heteroatoms. The lowest BCUT2D eigenvalue weighted by atomic mass is 10.1. The molecule has 0 fully saturated rings. The number of tetrazole rings is 1. The van der Waals surface area contributed by atoms with Crippen molar-refractivity contribution < 1.29 is 9.90 Å². The first kappa shape index (κ1) is 14.9. The summed E-state index contributed by atoms with van der Waals surface area (Å²) in [5.41, 5.74) is 0.702. The Labute approximate surface area is 128 Å². The van der Waals surface area contributed by atoms with Crippen molar-refractivity contribution in [2.24, 2.45) is 5.92 Å². The van der Waals surface area contributed by atoms with Gasteiger partial charge in [0.15, 0.2) is 5.82 Å². The van der Waals surface area contributed by atoms with Crippen LogP contribution in [0.3, 0.4) is 0 Å². The largest absolute Gasteiger partial charge is 0.481 e. The fraction of sp³-hybridized carbons (Fsp3) is 0.333. The van der Waals surface area contributed by atoms with E-state index in [0.717, 1.165) is 4.47 Å². The van der Waals surface area contributed by atoms with Crippen LogP contribution < -0.4 is 0 Å². The van der Waals surface area contributed by atoms with Crippen LogP contribution in [0.25, 0.3) is 11.4 Å². The van der Waals surface area contributed by atoms with Gasteiger partial charge in [0.1, 0.15) is 0 Å². The van der Waals surface area contributed by atoms with Crippen LogP contribution in [0.5, 0.6) is 0 Å². The van der Waals surface area contributed by atoms with E-state index in [9.17, 15) is 4.79 Å². The molecular formula is C12H12BrClN4O2. The normalized spacial score (nSPS) is 12.3. The highest BCUT2D eigenvalue weighted by Crippen LogP contribution is 2.29. The highest BCUT2D eigenvalue weighted by Gasteiger charge is 2.16. The molecule has 0 spiro atoms. The van der Waals surface area contributed by atoms with Crippen molar-refractivity contribution in [2.45, 2.75) is 19.9 Å². The van der Waals surface area contributed by atoms with Gasteiger partial charge in [0.25, 0.3) is 0 Å².